The summed E-state index contributed by atoms with van der Waals surface area (Å²) in [4.78, 5) is 4.10. The number of aryl methyl sites for hydroxylation is 1. The summed E-state index contributed by atoms with van der Waals surface area (Å²) < 4.78 is 30.6. The lowest BCUT2D eigenvalue weighted by Gasteiger charge is -1.98. The van der Waals surface area contributed by atoms with E-state index in [1.807, 2.05) is 31.2 Å². The molecular formula is C14H13NO3S. The van der Waals surface area contributed by atoms with E-state index in [0.29, 0.717) is 5.69 Å². The van der Waals surface area contributed by atoms with E-state index in [1.165, 1.54) is 24.3 Å². The fourth-order valence-electron chi connectivity index (χ4n) is 1.60. The lowest BCUT2D eigenvalue weighted by atomic mass is 10.1. The minimum atomic E-state index is -4.14. The smallest absolute Gasteiger partial charge is 0.282 e. The van der Waals surface area contributed by atoms with Gasteiger partial charge >= 0.3 is 0 Å². The summed E-state index contributed by atoms with van der Waals surface area (Å²) >= 11 is 0. The summed E-state index contributed by atoms with van der Waals surface area (Å²) in [5.74, 6) is 0. The zero-order chi connectivity index (χ0) is 13.9. The molecule has 19 heavy (non-hydrogen) atoms. The molecule has 0 unspecified atom stereocenters. The van der Waals surface area contributed by atoms with Crippen LogP contribution in [0.3, 0.4) is 0 Å². The Kier molecular flexibility index (Phi) is 3.78. The van der Waals surface area contributed by atoms with Crippen molar-refractivity contribution in [2.75, 3.05) is 0 Å². The van der Waals surface area contributed by atoms with Crippen LogP contribution in [0.1, 0.15) is 11.1 Å². The summed E-state index contributed by atoms with van der Waals surface area (Å²) in [6.07, 6.45) is 1.70. The number of nitrogens with zero attached hydrogens (tertiary/aromatic N) is 1. The quantitative estimate of drug-likeness (QED) is 0.691. The van der Waals surface area contributed by atoms with Crippen molar-refractivity contribution in [3.63, 3.8) is 0 Å². The number of hydrogen-bond acceptors (Lipinski definition) is 3. The van der Waals surface area contributed by atoms with Crippen LogP contribution in [0.25, 0.3) is 0 Å². The van der Waals surface area contributed by atoms with Gasteiger partial charge < -0.3 is 0 Å². The Hall–Kier alpha value is -1.98. The molecular weight excluding hydrogens is 262 g/mol. The van der Waals surface area contributed by atoms with Crippen molar-refractivity contribution in [2.24, 2.45) is 4.99 Å². The first kappa shape index (κ1) is 13.5. The summed E-state index contributed by atoms with van der Waals surface area (Å²) in [6, 6.07) is 13.6. The van der Waals surface area contributed by atoms with Gasteiger partial charge in [-0.3, -0.25) is 9.55 Å². The second-order valence-corrected chi connectivity index (χ2v) is 5.56. The minimum Gasteiger partial charge on any atom is -0.282 e. The average molecular weight is 275 g/mol. The molecule has 1 N–H and O–H groups in total. The van der Waals surface area contributed by atoms with Gasteiger partial charge in [-0.05, 0) is 36.8 Å². The molecule has 0 spiro atoms. The number of benzene rings is 2. The molecule has 0 amide bonds. The highest BCUT2D eigenvalue weighted by molar-refractivity contribution is 7.85. The standard InChI is InChI=1S/C14H13NO3S/c1-11-3-2-4-12(9-11)10-15-13-5-7-14(8-6-13)19(16,17)18/h2-10H,1H3,(H,16,17,18). The van der Waals surface area contributed by atoms with Gasteiger partial charge in [0.2, 0.25) is 0 Å². The normalized spacial score (nSPS) is 11.9. The number of rotatable bonds is 3. The highest BCUT2D eigenvalue weighted by atomic mass is 32.2. The van der Waals surface area contributed by atoms with Crippen LogP contribution < -0.4 is 0 Å². The molecule has 0 bridgehead atoms. The van der Waals surface area contributed by atoms with E-state index in [0.717, 1.165) is 11.1 Å². The van der Waals surface area contributed by atoms with Crippen molar-refractivity contribution in [3.8, 4) is 0 Å². The molecule has 5 heteroatoms. The maximum atomic E-state index is 10.9. The largest absolute Gasteiger partial charge is 0.294 e. The Labute approximate surface area is 112 Å². The van der Waals surface area contributed by atoms with E-state index in [2.05, 4.69) is 4.99 Å². The van der Waals surface area contributed by atoms with Crippen LogP contribution in [0.4, 0.5) is 5.69 Å². The van der Waals surface area contributed by atoms with Gasteiger partial charge in [-0.15, -0.1) is 0 Å². The molecule has 0 heterocycles. The molecule has 0 saturated carbocycles. The second-order valence-electron chi connectivity index (χ2n) is 4.14. The molecule has 0 aliphatic heterocycles. The van der Waals surface area contributed by atoms with Crippen LogP contribution >= 0.6 is 0 Å². The molecule has 0 saturated heterocycles. The second kappa shape index (κ2) is 5.34. The highest BCUT2D eigenvalue weighted by Crippen LogP contribution is 2.16. The molecule has 98 valence electrons. The Bertz CT molecular complexity index is 704. The molecule has 4 nitrogen and oxygen atoms in total. The van der Waals surface area contributed by atoms with Gasteiger partial charge in [-0.2, -0.15) is 8.42 Å². The molecule has 2 rings (SSSR count). The van der Waals surface area contributed by atoms with Crippen LogP contribution in [0.5, 0.6) is 0 Å². The van der Waals surface area contributed by atoms with Gasteiger partial charge in [0.25, 0.3) is 10.1 Å². The highest BCUT2D eigenvalue weighted by Gasteiger charge is 2.07. The molecule has 2 aromatic rings. The lowest BCUT2D eigenvalue weighted by molar-refractivity contribution is 0.483. The Balaban J connectivity index is 2.20. The minimum absolute atomic E-state index is 0.137. The average Bonchev–Trinajstić information content (AvgIpc) is 2.36. The summed E-state index contributed by atoms with van der Waals surface area (Å²) in [6.45, 7) is 2.00. The van der Waals surface area contributed by atoms with E-state index < -0.39 is 10.1 Å². The Morgan fingerprint density at radius 2 is 1.79 bits per heavy atom. The number of aliphatic imine (C=N–C) groups is 1. The molecule has 0 radical (unpaired) electrons. The summed E-state index contributed by atoms with van der Waals surface area (Å²) in [5.41, 5.74) is 2.73. The van der Waals surface area contributed by atoms with Gasteiger partial charge in [0.05, 0.1) is 10.6 Å². The summed E-state index contributed by atoms with van der Waals surface area (Å²) in [5, 5.41) is 0. The van der Waals surface area contributed by atoms with Crippen molar-refractivity contribution >= 4 is 22.0 Å². The zero-order valence-electron chi connectivity index (χ0n) is 10.3. The Morgan fingerprint density at radius 1 is 1.11 bits per heavy atom. The van der Waals surface area contributed by atoms with E-state index in [4.69, 9.17) is 4.55 Å². The molecule has 0 fully saturated rings. The third kappa shape index (κ3) is 3.74. The first-order valence-corrected chi connectivity index (χ1v) is 7.07. The van der Waals surface area contributed by atoms with E-state index in [9.17, 15) is 8.42 Å². The van der Waals surface area contributed by atoms with Crippen LogP contribution in [0.2, 0.25) is 0 Å². The van der Waals surface area contributed by atoms with E-state index >= 15 is 0 Å². The zero-order valence-corrected chi connectivity index (χ0v) is 11.1. The fourth-order valence-corrected chi connectivity index (χ4v) is 2.08. The van der Waals surface area contributed by atoms with Gasteiger partial charge in [-0.25, -0.2) is 0 Å². The maximum Gasteiger partial charge on any atom is 0.294 e. The molecule has 2 aromatic carbocycles. The molecule has 0 aromatic heterocycles. The van der Waals surface area contributed by atoms with Crippen molar-refractivity contribution in [1.82, 2.24) is 0 Å². The van der Waals surface area contributed by atoms with Crippen LogP contribution in [-0.2, 0) is 10.1 Å². The summed E-state index contributed by atoms with van der Waals surface area (Å²) in [7, 11) is -4.14. The van der Waals surface area contributed by atoms with E-state index in [1.54, 1.807) is 6.21 Å². The van der Waals surface area contributed by atoms with Gasteiger partial charge in [0, 0.05) is 6.21 Å². The fraction of sp³-hybridized carbons (Fsp3) is 0.0714. The third-order valence-electron chi connectivity index (χ3n) is 2.54. The lowest BCUT2D eigenvalue weighted by Crippen LogP contribution is -1.96. The first-order chi connectivity index (χ1) is 8.95. The third-order valence-corrected chi connectivity index (χ3v) is 3.41. The predicted molar refractivity (Wildman–Crippen MR) is 74.7 cm³/mol. The maximum absolute atomic E-state index is 10.9. The van der Waals surface area contributed by atoms with Crippen molar-refractivity contribution in [2.45, 2.75) is 11.8 Å². The van der Waals surface area contributed by atoms with Crippen LogP contribution in [-0.4, -0.2) is 19.2 Å². The Morgan fingerprint density at radius 3 is 2.37 bits per heavy atom. The van der Waals surface area contributed by atoms with Gasteiger partial charge in [0.1, 0.15) is 0 Å². The van der Waals surface area contributed by atoms with Crippen molar-refractivity contribution in [1.29, 1.82) is 0 Å². The molecule has 0 aliphatic carbocycles. The SMILES string of the molecule is Cc1cccc(C=Nc2ccc(S(=O)(=O)O)cc2)c1. The predicted octanol–water partition coefficient (Wildman–Crippen LogP) is 2.99. The van der Waals surface area contributed by atoms with Crippen LogP contribution in [0.15, 0.2) is 58.4 Å². The van der Waals surface area contributed by atoms with Crippen molar-refractivity contribution in [3.05, 3.63) is 59.7 Å². The number of hydrogen-bond donors (Lipinski definition) is 1. The molecule has 0 atom stereocenters. The first-order valence-electron chi connectivity index (χ1n) is 5.63. The van der Waals surface area contributed by atoms with Gasteiger partial charge in [0.15, 0.2) is 0 Å². The van der Waals surface area contributed by atoms with E-state index in [-0.39, 0.29) is 4.90 Å². The van der Waals surface area contributed by atoms with Gasteiger partial charge in [-0.1, -0.05) is 29.8 Å². The topological polar surface area (TPSA) is 66.7 Å². The van der Waals surface area contributed by atoms with Crippen molar-refractivity contribution < 1.29 is 13.0 Å². The monoisotopic (exact) mass is 275 g/mol. The molecule has 0 aliphatic rings. The van der Waals surface area contributed by atoms with Crippen LogP contribution in [0, 0.1) is 6.92 Å².